The molecule has 130 valence electrons. The smallest absolute Gasteiger partial charge is 0.142 e. The second-order valence-electron chi connectivity index (χ2n) is 7.51. The summed E-state index contributed by atoms with van der Waals surface area (Å²) >= 11 is 0. The van der Waals surface area contributed by atoms with Gasteiger partial charge in [-0.05, 0) is 29.0 Å². The lowest BCUT2D eigenvalue weighted by Crippen LogP contribution is -2.10. The quantitative estimate of drug-likeness (QED) is 0.671. The summed E-state index contributed by atoms with van der Waals surface area (Å²) in [7, 11) is 0. The number of pyridine rings is 1. The minimum atomic E-state index is 0.0754. The maximum atomic E-state index is 9.74. The van der Waals surface area contributed by atoms with Crippen molar-refractivity contribution in [1.82, 2.24) is 4.98 Å². The number of aryl methyl sites for hydroxylation is 1. The van der Waals surface area contributed by atoms with Crippen molar-refractivity contribution in [1.29, 1.82) is 5.26 Å². The average molecular weight is 341 g/mol. The number of nitriles is 1. The predicted octanol–water partition coefficient (Wildman–Crippen LogP) is 5.48. The number of hydrogen-bond donors (Lipinski definition) is 1. The van der Waals surface area contributed by atoms with Gasteiger partial charge in [0.25, 0.3) is 0 Å². The summed E-state index contributed by atoms with van der Waals surface area (Å²) in [6.45, 7) is 8.50. The van der Waals surface area contributed by atoms with Crippen LogP contribution in [0.15, 0.2) is 54.6 Å². The van der Waals surface area contributed by atoms with Gasteiger partial charge in [0, 0.05) is 16.8 Å². The minimum Gasteiger partial charge on any atom is -0.383 e. The number of benzene rings is 2. The monoisotopic (exact) mass is 341 g/mol. The molecule has 0 bridgehead atoms. The van der Waals surface area contributed by atoms with Crippen LogP contribution in [0.5, 0.6) is 0 Å². The van der Waals surface area contributed by atoms with Gasteiger partial charge in [-0.2, -0.15) is 5.26 Å². The number of rotatable bonds is 2. The predicted molar refractivity (Wildman–Crippen MR) is 108 cm³/mol. The Morgan fingerprint density at radius 2 is 1.46 bits per heavy atom. The fourth-order valence-corrected chi connectivity index (χ4v) is 3.22. The second kappa shape index (κ2) is 6.65. The van der Waals surface area contributed by atoms with E-state index in [0.717, 1.165) is 27.9 Å². The van der Waals surface area contributed by atoms with Gasteiger partial charge in [-0.1, -0.05) is 75.4 Å². The number of nitrogen functional groups attached to an aromatic ring is 1. The van der Waals surface area contributed by atoms with Crippen LogP contribution in [0, 0.1) is 18.3 Å². The van der Waals surface area contributed by atoms with Gasteiger partial charge in [0.2, 0.25) is 0 Å². The zero-order valence-electron chi connectivity index (χ0n) is 15.7. The van der Waals surface area contributed by atoms with E-state index in [9.17, 15) is 5.26 Å². The van der Waals surface area contributed by atoms with Crippen molar-refractivity contribution in [3.05, 3.63) is 71.4 Å². The largest absolute Gasteiger partial charge is 0.383 e. The molecule has 1 heterocycles. The van der Waals surface area contributed by atoms with Gasteiger partial charge in [-0.25, -0.2) is 4.98 Å². The summed E-state index contributed by atoms with van der Waals surface area (Å²) in [4.78, 5) is 4.42. The molecule has 3 nitrogen and oxygen atoms in total. The molecule has 0 saturated heterocycles. The third-order valence-corrected chi connectivity index (χ3v) is 4.62. The highest BCUT2D eigenvalue weighted by Crippen LogP contribution is 2.39. The van der Waals surface area contributed by atoms with Gasteiger partial charge in [-0.15, -0.1) is 0 Å². The fourth-order valence-electron chi connectivity index (χ4n) is 3.22. The Labute approximate surface area is 155 Å². The van der Waals surface area contributed by atoms with Crippen LogP contribution in [-0.2, 0) is 5.41 Å². The summed E-state index contributed by atoms with van der Waals surface area (Å²) in [5.74, 6) is 0.277. The highest BCUT2D eigenvalue weighted by molar-refractivity contribution is 5.91. The first-order chi connectivity index (χ1) is 12.3. The molecule has 0 aliphatic carbocycles. The van der Waals surface area contributed by atoms with Crippen LogP contribution in [0.1, 0.15) is 37.6 Å². The fraction of sp³-hybridized carbons (Fsp3) is 0.217. The van der Waals surface area contributed by atoms with Gasteiger partial charge in [0.1, 0.15) is 17.5 Å². The van der Waals surface area contributed by atoms with Crippen LogP contribution in [-0.4, -0.2) is 4.98 Å². The van der Waals surface area contributed by atoms with Crippen molar-refractivity contribution in [2.45, 2.75) is 33.1 Å². The topological polar surface area (TPSA) is 62.7 Å². The Morgan fingerprint density at radius 1 is 0.885 bits per heavy atom. The van der Waals surface area contributed by atoms with Gasteiger partial charge in [0.15, 0.2) is 0 Å². The first-order valence-corrected chi connectivity index (χ1v) is 8.69. The third kappa shape index (κ3) is 3.19. The Bertz CT molecular complexity index is 973. The molecule has 26 heavy (non-hydrogen) atoms. The van der Waals surface area contributed by atoms with Crippen LogP contribution in [0.25, 0.3) is 22.3 Å². The van der Waals surface area contributed by atoms with Gasteiger partial charge >= 0.3 is 0 Å². The van der Waals surface area contributed by atoms with E-state index in [-0.39, 0.29) is 11.2 Å². The van der Waals surface area contributed by atoms with E-state index in [1.165, 1.54) is 5.56 Å². The van der Waals surface area contributed by atoms with Crippen LogP contribution in [0.3, 0.4) is 0 Å². The molecular formula is C23H23N3. The molecule has 2 N–H and O–H groups in total. The minimum absolute atomic E-state index is 0.0754. The molecule has 0 atom stereocenters. The molecule has 0 saturated carbocycles. The Kier molecular flexibility index (Phi) is 4.52. The Balaban J connectivity index is 2.31. The molecule has 1 aromatic heterocycles. The maximum Gasteiger partial charge on any atom is 0.142 e. The second-order valence-corrected chi connectivity index (χ2v) is 7.51. The van der Waals surface area contributed by atoms with Crippen molar-refractivity contribution in [3.8, 4) is 28.3 Å². The summed E-state index contributed by atoms with van der Waals surface area (Å²) in [5, 5.41) is 9.74. The lowest BCUT2D eigenvalue weighted by Gasteiger charge is -2.20. The highest BCUT2D eigenvalue weighted by atomic mass is 14.8. The molecule has 0 radical (unpaired) electrons. The zero-order chi connectivity index (χ0) is 18.9. The van der Waals surface area contributed by atoms with Crippen molar-refractivity contribution >= 4 is 5.82 Å². The van der Waals surface area contributed by atoms with Crippen LogP contribution in [0.4, 0.5) is 5.82 Å². The number of anilines is 1. The van der Waals surface area contributed by atoms with E-state index in [2.05, 4.69) is 56.1 Å². The first-order valence-electron chi connectivity index (χ1n) is 8.69. The van der Waals surface area contributed by atoms with Crippen molar-refractivity contribution < 1.29 is 0 Å². The molecule has 0 spiro atoms. The van der Waals surface area contributed by atoms with E-state index in [1.807, 2.05) is 37.3 Å². The third-order valence-electron chi connectivity index (χ3n) is 4.62. The molecule has 3 aromatic rings. The summed E-state index contributed by atoms with van der Waals surface area (Å²) in [5.41, 5.74) is 12.5. The molecule has 0 aliphatic heterocycles. The van der Waals surface area contributed by atoms with Crippen molar-refractivity contribution in [2.24, 2.45) is 0 Å². The Hall–Kier alpha value is -3.12. The van der Waals surface area contributed by atoms with E-state index >= 15 is 0 Å². The van der Waals surface area contributed by atoms with Crippen molar-refractivity contribution in [2.75, 3.05) is 5.73 Å². The van der Waals surface area contributed by atoms with Gasteiger partial charge in [0.05, 0.1) is 0 Å². The van der Waals surface area contributed by atoms with Crippen LogP contribution in [0.2, 0.25) is 0 Å². The SMILES string of the molecule is Cc1nc(N)c(C#N)c(-c2ccc(C(C)(C)C)cc2)c1-c1ccccc1. The number of hydrogen-bond acceptors (Lipinski definition) is 3. The van der Waals surface area contributed by atoms with Gasteiger partial charge in [-0.3, -0.25) is 0 Å². The van der Waals surface area contributed by atoms with Gasteiger partial charge < -0.3 is 5.73 Å². The molecule has 0 aliphatic rings. The van der Waals surface area contributed by atoms with Crippen LogP contribution >= 0.6 is 0 Å². The van der Waals surface area contributed by atoms with Crippen molar-refractivity contribution in [3.63, 3.8) is 0 Å². The lowest BCUT2D eigenvalue weighted by molar-refractivity contribution is 0.590. The summed E-state index contributed by atoms with van der Waals surface area (Å²) in [6.07, 6.45) is 0. The van der Waals surface area contributed by atoms with Crippen LogP contribution < -0.4 is 5.73 Å². The number of aromatic nitrogens is 1. The van der Waals surface area contributed by atoms with E-state index in [0.29, 0.717) is 5.56 Å². The van der Waals surface area contributed by atoms with E-state index in [1.54, 1.807) is 0 Å². The summed E-state index contributed by atoms with van der Waals surface area (Å²) < 4.78 is 0. The lowest BCUT2D eigenvalue weighted by atomic mass is 9.84. The molecule has 0 unspecified atom stereocenters. The molecule has 0 amide bonds. The number of nitrogens with two attached hydrogens (primary N) is 1. The molecule has 0 fully saturated rings. The van der Waals surface area contributed by atoms with E-state index < -0.39 is 0 Å². The molecular weight excluding hydrogens is 318 g/mol. The summed E-state index contributed by atoms with van der Waals surface area (Å²) in [6, 6.07) is 20.7. The van der Waals surface area contributed by atoms with E-state index in [4.69, 9.17) is 5.73 Å². The molecule has 3 rings (SSSR count). The highest BCUT2D eigenvalue weighted by Gasteiger charge is 2.20. The first kappa shape index (κ1) is 17.7. The zero-order valence-corrected chi connectivity index (χ0v) is 15.7. The molecule has 2 aromatic carbocycles. The Morgan fingerprint density at radius 3 is 2.00 bits per heavy atom. The normalized spacial score (nSPS) is 11.2. The number of nitrogens with zero attached hydrogens (tertiary/aromatic N) is 2. The maximum absolute atomic E-state index is 9.74. The standard InChI is InChI=1S/C23H23N3/c1-15-20(16-8-6-5-7-9-16)21(19(14-24)22(25)26-15)17-10-12-18(13-11-17)23(2,3)4/h5-13H,1-4H3,(H2,25,26). The molecule has 3 heteroatoms. The average Bonchev–Trinajstić information content (AvgIpc) is 2.61.